The van der Waals surface area contributed by atoms with Crippen molar-refractivity contribution in [2.24, 2.45) is 4.99 Å². The smallest absolute Gasteiger partial charge is 0.264 e. The van der Waals surface area contributed by atoms with Crippen LogP contribution in [-0.4, -0.2) is 67.4 Å². The first-order valence-electron chi connectivity index (χ1n) is 11.8. The predicted molar refractivity (Wildman–Crippen MR) is 136 cm³/mol. The average molecular weight is 522 g/mol. The molecular formula is C26H24FN5O4S. The Bertz CT molecular complexity index is 1490. The van der Waals surface area contributed by atoms with Crippen LogP contribution in [-0.2, 0) is 16.4 Å². The third-order valence-corrected chi connectivity index (χ3v) is 7.76. The highest BCUT2D eigenvalue weighted by Crippen LogP contribution is 2.33. The number of amides is 2. The van der Waals surface area contributed by atoms with Gasteiger partial charge in [0.2, 0.25) is 0 Å². The topological polar surface area (TPSA) is 112 Å². The molecule has 37 heavy (non-hydrogen) atoms. The minimum atomic E-state index is -4.11. The van der Waals surface area contributed by atoms with Gasteiger partial charge in [-0.2, -0.15) is 0 Å². The van der Waals surface area contributed by atoms with Crippen LogP contribution < -0.4 is 4.72 Å². The summed E-state index contributed by atoms with van der Waals surface area (Å²) >= 11 is 0. The van der Waals surface area contributed by atoms with Gasteiger partial charge in [0, 0.05) is 50.4 Å². The van der Waals surface area contributed by atoms with Crippen molar-refractivity contribution in [2.75, 3.05) is 30.9 Å². The number of pyridine rings is 1. The number of nitrogens with one attached hydrogen (secondary N) is 1. The number of aliphatic imine (C=N–C) groups is 1. The zero-order valence-corrected chi connectivity index (χ0v) is 20.6. The maximum absolute atomic E-state index is 14.9. The lowest BCUT2D eigenvalue weighted by atomic mass is 10.1. The number of sulfonamides is 1. The molecular weight excluding hydrogens is 497 g/mol. The van der Waals surface area contributed by atoms with Crippen LogP contribution in [0.25, 0.3) is 0 Å². The zero-order chi connectivity index (χ0) is 26.0. The Morgan fingerprint density at radius 2 is 1.65 bits per heavy atom. The third kappa shape index (κ3) is 5.08. The van der Waals surface area contributed by atoms with Gasteiger partial charge in [-0.05, 0) is 54.8 Å². The van der Waals surface area contributed by atoms with Gasteiger partial charge in [-0.3, -0.25) is 24.3 Å². The number of para-hydroxylation sites is 1. The Balaban J connectivity index is 1.26. The van der Waals surface area contributed by atoms with Crippen molar-refractivity contribution in [1.82, 2.24) is 14.8 Å². The molecule has 0 atom stereocenters. The number of hydrogen-bond donors (Lipinski definition) is 1. The van der Waals surface area contributed by atoms with Crippen molar-refractivity contribution in [3.63, 3.8) is 0 Å². The number of fused-ring (bicyclic) bond motifs is 1. The van der Waals surface area contributed by atoms with Crippen LogP contribution in [0, 0.1) is 5.82 Å². The minimum Gasteiger partial charge on any atom is -0.335 e. The molecule has 0 saturated carbocycles. The molecule has 2 aliphatic rings. The van der Waals surface area contributed by atoms with Crippen molar-refractivity contribution in [2.45, 2.75) is 17.7 Å². The molecule has 0 radical (unpaired) electrons. The second-order valence-corrected chi connectivity index (χ2v) is 10.4. The molecule has 9 nitrogen and oxygen atoms in total. The van der Waals surface area contributed by atoms with E-state index in [-0.39, 0.29) is 22.1 Å². The fraction of sp³-hybridized carbons (Fsp3) is 0.231. The number of benzene rings is 2. The Kier molecular flexibility index (Phi) is 6.70. The molecule has 0 spiro atoms. The summed E-state index contributed by atoms with van der Waals surface area (Å²) in [6, 6.07) is 11.9. The first-order valence-corrected chi connectivity index (χ1v) is 13.3. The predicted octanol–water partition coefficient (Wildman–Crippen LogP) is 3.27. The van der Waals surface area contributed by atoms with Gasteiger partial charge in [-0.15, -0.1) is 0 Å². The Morgan fingerprint density at radius 1 is 0.919 bits per heavy atom. The van der Waals surface area contributed by atoms with Gasteiger partial charge in [0.25, 0.3) is 21.8 Å². The number of piperazine rings is 1. The van der Waals surface area contributed by atoms with E-state index in [2.05, 4.69) is 14.7 Å². The van der Waals surface area contributed by atoms with E-state index < -0.39 is 21.7 Å². The average Bonchev–Trinajstić information content (AvgIpc) is 2.93. The van der Waals surface area contributed by atoms with E-state index in [0.29, 0.717) is 43.9 Å². The maximum Gasteiger partial charge on any atom is 0.264 e. The van der Waals surface area contributed by atoms with E-state index in [1.54, 1.807) is 40.4 Å². The zero-order valence-electron chi connectivity index (χ0n) is 19.8. The summed E-state index contributed by atoms with van der Waals surface area (Å²) in [5, 5.41) is 0. The number of rotatable bonds is 5. The molecule has 1 fully saturated rings. The van der Waals surface area contributed by atoms with E-state index in [9.17, 15) is 22.4 Å². The van der Waals surface area contributed by atoms with Gasteiger partial charge < -0.3 is 9.80 Å². The number of halogens is 1. The molecule has 0 bridgehead atoms. The first kappa shape index (κ1) is 24.6. The molecule has 5 rings (SSSR count). The maximum atomic E-state index is 14.9. The normalized spacial score (nSPS) is 15.3. The van der Waals surface area contributed by atoms with E-state index >= 15 is 0 Å². The minimum absolute atomic E-state index is 0.0285. The number of nitrogens with zero attached hydrogens (tertiary/aromatic N) is 4. The molecule has 1 N–H and O–H groups in total. The molecule has 1 saturated heterocycles. The number of aryl methyl sites for hydroxylation is 1. The van der Waals surface area contributed by atoms with Gasteiger partial charge in [-0.25, -0.2) is 12.8 Å². The molecule has 2 aliphatic heterocycles. The van der Waals surface area contributed by atoms with Crippen LogP contribution in [0.15, 0.2) is 70.8 Å². The van der Waals surface area contributed by atoms with Crippen LogP contribution in [0.1, 0.15) is 32.7 Å². The van der Waals surface area contributed by atoms with Crippen molar-refractivity contribution in [3.05, 3.63) is 83.4 Å². The Labute approximate surface area is 213 Å². The number of carbonyl (C=O) groups is 2. The quantitative estimate of drug-likeness (QED) is 0.554. The van der Waals surface area contributed by atoms with E-state index in [1.165, 1.54) is 24.4 Å². The third-order valence-electron chi connectivity index (χ3n) is 6.36. The van der Waals surface area contributed by atoms with Crippen molar-refractivity contribution in [1.29, 1.82) is 0 Å². The van der Waals surface area contributed by atoms with Crippen LogP contribution >= 0.6 is 0 Å². The summed E-state index contributed by atoms with van der Waals surface area (Å²) in [6.07, 6.45) is 6.16. The molecule has 2 amide bonds. The molecule has 1 aromatic heterocycles. The van der Waals surface area contributed by atoms with Gasteiger partial charge >= 0.3 is 0 Å². The lowest BCUT2D eigenvalue weighted by molar-refractivity contribution is 0.0535. The summed E-state index contributed by atoms with van der Waals surface area (Å²) in [6.45, 7) is 1.26. The Hall–Kier alpha value is -4.12. The highest BCUT2D eigenvalue weighted by Gasteiger charge is 2.27. The summed E-state index contributed by atoms with van der Waals surface area (Å²) in [7, 11) is -4.11. The number of carbonyl (C=O) groups excluding carboxylic acids is 2. The second kappa shape index (κ2) is 10.1. The van der Waals surface area contributed by atoms with Gasteiger partial charge in [-0.1, -0.05) is 12.1 Å². The van der Waals surface area contributed by atoms with Crippen LogP contribution in [0.5, 0.6) is 0 Å². The fourth-order valence-corrected chi connectivity index (χ4v) is 5.67. The highest BCUT2D eigenvalue weighted by atomic mass is 32.2. The SMILES string of the molecule is O=C(c1cccnc1)N1CCN(C(=O)c2ccc(NS(=O)(=O)c3cccc4c3N=CCC4)c(F)c2)CC1. The van der Waals surface area contributed by atoms with Gasteiger partial charge in [0.1, 0.15) is 10.7 Å². The number of anilines is 1. The second-order valence-electron chi connectivity index (χ2n) is 8.74. The standard InChI is InChI=1S/C26H24FN5O4S/c27-21-16-19(25(33)31-12-14-32(15-13-31)26(34)20-6-2-10-28-17-20)8-9-22(21)30-37(35,36)23-7-1-4-18-5-3-11-29-24(18)23/h1-2,4,6-11,16-17,30H,3,5,12-15H2. The highest BCUT2D eigenvalue weighted by molar-refractivity contribution is 7.92. The molecule has 3 heterocycles. The van der Waals surface area contributed by atoms with Crippen molar-refractivity contribution in [3.8, 4) is 0 Å². The fourth-order valence-electron chi connectivity index (χ4n) is 4.41. The Morgan fingerprint density at radius 3 is 2.32 bits per heavy atom. The molecule has 2 aromatic carbocycles. The van der Waals surface area contributed by atoms with Crippen molar-refractivity contribution >= 4 is 39.4 Å². The molecule has 11 heteroatoms. The molecule has 0 unspecified atom stereocenters. The van der Waals surface area contributed by atoms with Crippen LogP contribution in [0.3, 0.4) is 0 Å². The summed E-state index contributed by atoms with van der Waals surface area (Å²) in [4.78, 5) is 36.9. The molecule has 3 aromatic rings. The lowest BCUT2D eigenvalue weighted by Crippen LogP contribution is -2.50. The first-order chi connectivity index (χ1) is 17.8. The van der Waals surface area contributed by atoms with E-state index in [1.807, 2.05) is 6.07 Å². The van der Waals surface area contributed by atoms with Gasteiger partial charge in [0.15, 0.2) is 0 Å². The summed E-state index contributed by atoms with van der Waals surface area (Å²) < 4.78 is 43.2. The largest absolute Gasteiger partial charge is 0.335 e. The van der Waals surface area contributed by atoms with Crippen LogP contribution in [0.4, 0.5) is 15.8 Å². The lowest BCUT2D eigenvalue weighted by Gasteiger charge is -2.34. The monoisotopic (exact) mass is 521 g/mol. The molecule has 0 aliphatic carbocycles. The molecule has 190 valence electrons. The van der Waals surface area contributed by atoms with E-state index in [4.69, 9.17) is 0 Å². The van der Waals surface area contributed by atoms with Crippen LogP contribution in [0.2, 0.25) is 0 Å². The number of aromatic nitrogens is 1. The number of hydrogen-bond acceptors (Lipinski definition) is 6. The summed E-state index contributed by atoms with van der Waals surface area (Å²) in [5.41, 5.74) is 1.48. The van der Waals surface area contributed by atoms with Crippen molar-refractivity contribution < 1.29 is 22.4 Å². The summed E-state index contributed by atoms with van der Waals surface area (Å²) in [5.74, 6) is -1.42. The van der Waals surface area contributed by atoms with Gasteiger partial charge in [0.05, 0.1) is 16.9 Å². The van der Waals surface area contributed by atoms with E-state index in [0.717, 1.165) is 18.1 Å².